The summed E-state index contributed by atoms with van der Waals surface area (Å²) in [6.07, 6.45) is 1.38. The highest BCUT2D eigenvalue weighted by atomic mass is 19.1. The number of hydrogen-bond acceptors (Lipinski definition) is 3. The van der Waals surface area contributed by atoms with Crippen LogP contribution in [0.25, 0.3) is 0 Å². The summed E-state index contributed by atoms with van der Waals surface area (Å²) >= 11 is 0. The molecular weight excluding hydrogens is 195 g/mol. The standard InChI is InChI=1S/C11H9FN2O/c1-8-6-11(14-7-13-8)15-10-5-3-2-4-9(10)12/h2-7H,1H3. The van der Waals surface area contributed by atoms with Gasteiger partial charge in [0.15, 0.2) is 11.6 Å². The Labute approximate surface area is 86.6 Å². The molecule has 2 aromatic rings. The minimum Gasteiger partial charge on any atom is -0.436 e. The molecular formula is C11H9FN2O. The second-order valence-corrected chi connectivity index (χ2v) is 3.03. The molecule has 0 radical (unpaired) electrons. The fourth-order valence-corrected chi connectivity index (χ4v) is 1.13. The van der Waals surface area contributed by atoms with Crippen molar-refractivity contribution in [1.82, 2.24) is 9.97 Å². The number of halogens is 1. The van der Waals surface area contributed by atoms with Crippen molar-refractivity contribution in [2.24, 2.45) is 0 Å². The van der Waals surface area contributed by atoms with Crippen LogP contribution in [0, 0.1) is 12.7 Å². The van der Waals surface area contributed by atoms with Gasteiger partial charge >= 0.3 is 0 Å². The minimum atomic E-state index is -0.409. The third-order valence-electron chi connectivity index (χ3n) is 1.83. The summed E-state index contributed by atoms with van der Waals surface area (Å²) in [6, 6.07) is 7.84. The van der Waals surface area contributed by atoms with E-state index in [0.29, 0.717) is 5.88 Å². The van der Waals surface area contributed by atoms with E-state index in [-0.39, 0.29) is 5.75 Å². The summed E-state index contributed by atoms with van der Waals surface area (Å²) in [4.78, 5) is 7.79. The van der Waals surface area contributed by atoms with Gasteiger partial charge in [-0.15, -0.1) is 0 Å². The van der Waals surface area contributed by atoms with E-state index in [0.717, 1.165) is 5.69 Å². The molecule has 0 amide bonds. The number of benzene rings is 1. The van der Waals surface area contributed by atoms with E-state index in [4.69, 9.17) is 4.74 Å². The van der Waals surface area contributed by atoms with Crippen LogP contribution in [0.3, 0.4) is 0 Å². The van der Waals surface area contributed by atoms with Crippen molar-refractivity contribution in [3.05, 3.63) is 48.2 Å². The molecule has 0 N–H and O–H groups in total. The van der Waals surface area contributed by atoms with Gasteiger partial charge in [-0.2, -0.15) is 0 Å². The van der Waals surface area contributed by atoms with E-state index in [1.807, 2.05) is 6.92 Å². The third-order valence-corrected chi connectivity index (χ3v) is 1.83. The van der Waals surface area contributed by atoms with Crippen molar-refractivity contribution in [3.8, 4) is 11.6 Å². The molecule has 0 spiro atoms. The van der Waals surface area contributed by atoms with Gasteiger partial charge in [0.05, 0.1) is 0 Å². The average molecular weight is 204 g/mol. The molecule has 0 saturated heterocycles. The molecule has 0 aliphatic rings. The molecule has 76 valence electrons. The quantitative estimate of drug-likeness (QED) is 0.754. The SMILES string of the molecule is Cc1cc(Oc2ccccc2F)ncn1. The third kappa shape index (κ3) is 2.28. The molecule has 0 saturated carbocycles. The van der Waals surface area contributed by atoms with Gasteiger partial charge in [-0.3, -0.25) is 0 Å². The van der Waals surface area contributed by atoms with E-state index in [1.54, 1.807) is 24.3 Å². The van der Waals surface area contributed by atoms with E-state index in [2.05, 4.69) is 9.97 Å². The van der Waals surface area contributed by atoms with Crippen LogP contribution in [0.1, 0.15) is 5.69 Å². The van der Waals surface area contributed by atoms with Crippen LogP contribution in [0.5, 0.6) is 11.6 Å². The molecule has 3 nitrogen and oxygen atoms in total. The highest BCUT2D eigenvalue weighted by Gasteiger charge is 2.03. The van der Waals surface area contributed by atoms with Crippen LogP contribution >= 0.6 is 0 Å². The molecule has 15 heavy (non-hydrogen) atoms. The molecule has 0 unspecified atom stereocenters. The summed E-state index contributed by atoms with van der Waals surface area (Å²) in [5.41, 5.74) is 0.774. The summed E-state index contributed by atoms with van der Waals surface area (Å²) in [7, 11) is 0. The van der Waals surface area contributed by atoms with Crippen molar-refractivity contribution in [1.29, 1.82) is 0 Å². The second-order valence-electron chi connectivity index (χ2n) is 3.03. The Hall–Kier alpha value is -1.97. The Morgan fingerprint density at radius 2 is 2.00 bits per heavy atom. The Bertz CT molecular complexity index is 474. The normalized spacial score (nSPS) is 10.0. The number of para-hydroxylation sites is 1. The predicted molar refractivity (Wildman–Crippen MR) is 53.2 cm³/mol. The maximum absolute atomic E-state index is 13.2. The Morgan fingerprint density at radius 3 is 2.73 bits per heavy atom. The number of nitrogens with zero attached hydrogens (tertiary/aromatic N) is 2. The highest BCUT2D eigenvalue weighted by Crippen LogP contribution is 2.21. The zero-order valence-electron chi connectivity index (χ0n) is 8.14. The molecule has 0 bridgehead atoms. The van der Waals surface area contributed by atoms with Gasteiger partial charge in [0.1, 0.15) is 6.33 Å². The molecule has 1 heterocycles. The molecule has 0 atom stereocenters. The Kier molecular flexibility index (Phi) is 2.58. The van der Waals surface area contributed by atoms with Gasteiger partial charge in [-0.05, 0) is 19.1 Å². The Balaban J connectivity index is 2.26. The summed E-state index contributed by atoms with van der Waals surface area (Å²) < 4.78 is 18.5. The van der Waals surface area contributed by atoms with Gasteiger partial charge < -0.3 is 4.74 Å². The van der Waals surface area contributed by atoms with E-state index in [1.165, 1.54) is 12.4 Å². The Morgan fingerprint density at radius 1 is 1.20 bits per heavy atom. The zero-order valence-corrected chi connectivity index (χ0v) is 8.14. The first-order valence-corrected chi connectivity index (χ1v) is 4.47. The van der Waals surface area contributed by atoms with Gasteiger partial charge in [0, 0.05) is 11.8 Å². The van der Waals surface area contributed by atoms with Crippen molar-refractivity contribution in [2.45, 2.75) is 6.92 Å². The van der Waals surface area contributed by atoms with Crippen LogP contribution in [0.4, 0.5) is 4.39 Å². The van der Waals surface area contributed by atoms with E-state index in [9.17, 15) is 4.39 Å². The number of aromatic nitrogens is 2. The summed E-state index contributed by atoms with van der Waals surface area (Å²) in [5.74, 6) is 0.0944. The monoisotopic (exact) mass is 204 g/mol. The minimum absolute atomic E-state index is 0.163. The average Bonchev–Trinajstić information content (AvgIpc) is 2.22. The van der Waals surface area contributed by atoms with E-state index < -0.39 is 5.82 Å². The van der Waals surface area contributed by atoms with Crippen LogP contribution in [-0.2, 0) is 0 Å². The highest BCUT2D eigenvalue weighted by molar-refractivity contribution is 5.28. The second kappa shape index (κ2) is 4.04. The van der Waals surface area contributed by atoms with Gasteiger partial charge in [-0.25, -0.2) is 14.4 Å². The van der Waals surface area contributed by atoms with Crippen LogP contribution < -0.4 is 4.74 Å². The van der Waals surface area contributed by atoms with Gasteiger partial charge in [-0.1, -0.05) is 12.1 Å². The van der Waals surface area contributed by atoms with Crippen molar-refractivity contribution in [2.75, 3.05) is 0 Å². The lowest BCUT2D eigenvalue weighted by molar-refractivity contribution is 0.426. The molecule has 4 heteroatoms. The molecule has 1 aromatic heterocycles. The summed E-state index contributed by atoms with van der Waals surface area (Å²) in [6.45, 7) is 1.82. The number of rotatable bonds is 2. The molecule has 1 aromatic carbocycles. The van der Waals surface area contributed by atoms with Crippen LogP contribution in [0.15, 0.2) is 36.7 Å². The van der Waals surface area contributed by atoms with Crippen molar-refractivity contribution < 1.29 is 9.13 Å². The first kappa shape index (κ1) is 9.58. The van der Waals surface area contributed by atoms with Crippen LogP contribution in [-0.4, -0.2) is 9.97 Å². The lowest BCUT2D eigenvalue weighted by Gasteiger charge is -2.04. The molecule has 0 aliphatic carbocycles. The van der Waals surface area contributed by atoms with Crippen molar-refractivity contribution in [3.63, 3.8) is 0 Å². The maximum Gasteiger partial charge on any atom is 0.222 e. The van der Waals surface area contributed by atoms with Gasteiger partial charge in [0.2, 0.25) is 5.88 Å². The van der Waals surface area contributed by atoms with Crippen molar-refractivity contribution >= 4 is 0 Å². The topological polar surface area (TPSA) is 35.0 Å². The smallest absolute Gasteiger partial charge is 0.222 e. The first-order valence-electron chi connectivity index (χ1n) is 4.47. The molecule has 0 aliphatic heterocycles. The van der Waals surface area contributed by atoms with Gasteiger partial charge in [0.25, 0.3) is 0 Å². The number of ether oxygens (including phenoxy) is 1. The maximum atomic E-state index is 13.2. The first-order chi connectivity index (χ1) is 7.25. The summed E-state index contributed by atoms with van der Waals surface area (Å²) in [5, 5.41) is 0. The van der Waals surface area contributed by atoms with Crippen LogP contribution in [0.2, 0.25) is 0 Å². The fraction of sp³-hybridized carbons (Fsp3) is 0.0909. The molecule has 2 rings (SSSR count). The zero-order chi connectivity index (χ0) is 10.7. The lowest BCUT2D eigenvalue weighted by atomic mass is 10.3. The number of hydrogen-bond donors (Lipinski definition) is 0. The number of aryl methyl sites for hydroxylation is 1. The lowest BCUT2D eigenvalue weighted by Crippen LogP contribution is -1.92. The molecule has 0 fully saturated rings. The van der Waals surface area contributed by atoms with E-state index >= 15 is 0 Å². The largest absolute Gasteiger partial charge is 0.436 e. The predicted octanol–water partition coefficient (Wildman–Crippen LogP) is 2.72. The fourth-order valence-electron chi connectivity index (χ4n) is 1.13.